The average Bonchev–Trinajstić information content (AvgIpc) is 2.60. The van der Waals surface area contributed by atoms with E-state index < -0.39 is 10.0 Å². The first-order chi connectivity index (χ1) is 7.06. The lowest BCUT2D eigenvalue weighted by Gasteiger charge is -2.03. The summed E-state index contributed by atoms with van der Waals surface area (Å²) < 4.78 is 26.3. The van der Waals surface area contributed by atoms with E-state index in [9.17, 15) is 8.42 Å². The molecule has 0 saturated heterocycles. The Morgan fingerprint density at radius 2 is 2.13 bits per heavy atom. The predicted octanol–water partition coefficient (Wildman–Crippen LogP) is 1.07. The normalized spacial score (nSPS) is 11.9. The van der Waals surface area contributed by atoms with Crippen molar-refractivity contribution in [3.63, 3.8) is 0 Å². The summed E-state index contributed by atoms with van der Waals surface area (Å²) in [5, 5.41) is 0. The van der Waals surface area contributed by atoms with Gasteiger partial charge in [-0.05, 0) is 38.4 Å². The van der Waals surface area contributed by atoms with Crippen molar-refractivity contribution in [1.82, 2.24) is 4.72 Å². The minimum atomic E-state index is -3.29. The number of rotatable bonds is 6. The van der Waals surface area contributed by atoms with E-state index >= 15 is 0 Å². The molecule has 1 rings (SSSR count). The lowest BCUT2D eigenvalue weighted by atomic mass is 10.3. The quantitative estimate of drug-likeness (QED) is 0.740. The number of aryl methyl sites for hydroxylation is 1. The fraction of sp³-hybridized carbons (Fsp3) is 0.556. The summed E-state index contributed by atoms with van der Waals surface area (Å²) in [7, 11) is -3.29. The Morgan fingerprint density at radius 1 is 1.40 bits per heavy atom. The number of unbranched alkanes of at least 4 members (excludes halogenated alkanes) is 1. The highest BCUT2D eigenvalue weighted by Crippen LogP contribution is 2.20. The molecule has 6 heteroatoms. The molecule has 0 bridgehead atoms. The van der Waals surface area contributed by atoms with Crippen molar-refractivity contribution in [1.29, 1.82) is 0 Å². The average molecular weight is 248 g/mol. The van der Waals surface area contributed by atoms with Crippen LogP contribution in [0, 0.1) is 6.92 Å². The van der Waals surface area contributed by atoms with E-state index in [1.54, 1.807) is 12.1 Å². The van der Waals surface area contributed by atoms with E-state index in [0.29, 0.717) is 17.3 Å². The van der Waals surface area contributed by atoms with Crippen LogP contribution >= 0.6 is 11.3 Å². The van der Waals surface area contributed by atoms with Crippen molar-refractivity contribution in [3.8, 4) is 0 Å². The Morgan fingerprint density at radius 3 is 2.67 bits per heavy atom. The molecule has 0 amide bonds. The summed E-state index contributed by atoms with van der Waals surface area (Å²) >= 11 is 1.28. The van der Waals surface area contributed by atoms with Crippen LogP contribution in [0.25, 0.3) is 0 Å². The molecule has 0 atom stereocenters. The Labute approximate surface area is 94.5 Å². The highest BCUT2D eigenvalue weighted by atomic mass is 32.2. The molecule has 0 aliphatic rings. The van der Waals surface area contributed by atoms with Gasteiger partial charge in [-0.25, -0.2) is 13.1 Å². The van der Waals surface area contributed by atoms with Gasteiger partial charge in [0.25, 0.3) is 0 Å². The van der Waals surface area contributed by atoms with Crippen molar-refractivity contribution < 1.29 is 8.42 Å². The third-order valence-corrected chi connectivity index (χ3v) is 4.86. The third kappa shape index (κ3) is 3.90. The Kier molecular flexibility index (Phi) is 4.72. The van der Waals surface area contributed by atoms with Crippen LogP contribution in [0.1, 0.15) is 17.7 Å². The van der Waals surface area contributed by atoms with Crippen LogP contribution in [-0.4, -0.2) is 21.5 Å². The second-order valence-electron chi connectivity index (χ2n) is 3.26. The molecule has 0 fully saturated rings. The molecule has 0 spiro atoms. The van der Waals surface area contributed by atoms with E-state index in [4.69, 9.17) is 5.73 Å². The second-order valence-corrected chi connectivity index (χ2v) is 6.54. The fourth-order valence-corrected chi connectivity index (χ4v) is 3.51. The molecule has 1 aromatic heterocycles. The monoisotopic (exact) mass is 248 g/mol. The minimum Gasteiger partial charge on any atom is -0.330 e. The minimum absolute atomic E-state index is 0.382. The van der Waals surface area contributed by atoms with Crippen LogP contribution in [0.15, 0.2) is 16.3 Å². The summed E-state index contributed by atoms with van der Waals surface area (Å²) in [6, 6.07) is 3.43. The van der Waals surface area contributed by atoms with Gasteiger partial charge >= 0.3 is 0 Å². The molecule has 0 saturated carbocycles. The lowest BCUT2D eigenvalue weighted by Crippen LogP contribution is -2.24. The topological polar surface area (TPSA) is 72.2 Å². The first-order valence-electron chi connectivity index (χ1n) is 4.82. The number of hydrogen-bond acceptors (Lipinski definition) is 4. The molecule has 86 valence electrons. The van der Waals surface area contributed by atoms with Crippen molar-refractivity contribution in [2.75, 3.05) is 13.1 Å². The number of nitrogens with one attached hydrogen (secondary N) is 1. The highest BCUT2D eigenvalue weighted by molar-refractivity contribution is 7.91. The molecule has 4 nitrogen and oxygen atoms in total. The van der Waals surface area contributed by atoms with Gasteiger partial charge in [0.1, 0.15) is 4.21 Å². The van der Waals surface area contributed by atoms with E-state index in [-0.39, 0.29) is 0 Å². The molecule has 0 aromatic carbocycles. The van der Waals surface area contributed by atoms with E-state index in [1.165, 1.54) is 11.3 Å². The first-order valence-corrected chi connectivity index (χ1v) is 7.12. The zero-order valence-electron chi connectivity index (χ0n) is 8.69. The van der Waals surface area contributed by atoms with Gasteiger partial charge in [0.05, 0.1) is 0 Å². The van der Waals surface area contributed by atoms with Gasteiger partial charge in [0, 0.05) is 11.4 Å². The highest BCUT2D eigenvalue weighted by Gasteiger charge is 2.14. The summed E-state index contributed by atoms with van der Waals surface area (Å²) in [6.45, 7) is 2.94. The zero-order chi connectivity index (χ0) is 11.3. The molecule has 1 aromatic rings. The molecule has 3 N–H and O–H groups in total. The standard InChI is InChI=1S/C9H16N2O2S2/c1-8-4-5-9(14-8)15(12,13)11-7-3-2-6-10/h4-5,11H,2-3,6-7,10H2,1H3. The predicted molar refractivity (Wildman–Crippen MR) is 62.5 cm³/mol. The van der Waals surface area contributed by atoms with Gasteiger partial charge in [-0.15, -0.1) is 11.3 Å². The number of nitrogens with two attached hydrogens (primary N) is 1. The Balaban J connectivity index is 2.53. The lowest BCUT2D eigenvalue weighted by molar-refractivity contribution is 0.579. The molecule has 15 heavy (non-hydrogen) atoms. The zero-order valence-corrected chi connectivity index (χ0v) is 10.3. The molecule has 0 aliphatic heterocycles. The molecular weight excluding hydrogens is 232 g/mol. The van der Waals surface area contributed by atoms with E-state index in [2.05, 4.69) is 4.72 Å². The molecule has 0 unspecified atom stereocenters. The maximum atomic E-state index is 11.7. The van der Waals surface area contributed by atoms with Crippen LogP contribution in [0.2, 0.25) is 0 Å². The largest absolute Gasteiger partial charge is 0.330 e. The van der Waals surface area contributed by atoms with Crippen molar-refractivity contribution in [2.45, 2.75) is 24.0 Å². The van der Waals surface area contributed by atoms with Crippen molar-refractivity contribution >= 4 is 21.4 Å². The fourth-order valence-electron chi connectivity index (χ4n) is 1.10. The van der Waals surface area contributed by atoms with E-state index in [1.807, 2.05) is 6.92 Å². The maximum Gasteiger partial charge on any atom is 0.250 e. The van der Waals surface area contributed by atoms with Crippen LogP contribution in [0.4, 0.5) is 0 Å². The maximum absolute atomic E-state index is 11.7. The van der Waals surface area contributed by atoms with Crippen LogP contribution in [-0.2, 0) is 10.0 Å². The van der Waals surface area contributed by atoms with Gasteiger partial charge in [0.15, 0.2) is 0 Å². The number of hydrogen-bond donors (Lipinski definition) is 2. The first kappa shape index (κ1) is 12.6. The van der Waals surface area contributed by atoms with E-state index in [0.717, 1.165) is 17.7 Å². The third-order valence-electron chi connectivity index (χ3n) is 1.90. The van der Waals surface area contributed by atoms with Crippen molar-refractivity contribution in [2.24, 2.45) is 5.73 Å². The van der Waals surface area contributed by atoms with Crippen LogP contribution in [0.5, 0.6) is 0 Å². The van der Waals surface area contributed by atoms with Gasteiger partial charge in [0.2, 0.25) is 10.0 Å². The second kappa shape index (κ2) is 5.60. The smallest absolute Gasteiger partial charge is 0.250 e. The van der Waals surface area contributed by atoms with Crippen LogP contribution < -0.4 is 10.5 Å². The SMILES string of the molecule is Cc1ccc(S(=O)(=O)NCCCCN)s1. The van der Waals surface area contributed by atoms with Gasteiger partial charge in [-0.2, -0.15) is 0 Å². The summed E-state index contributed by atoms with van der Waals surface area (Å²) in [4.78, 5) is 0.998. The number of sulfonamides is 1. The Hall–Kier alpha value is -0.430. The molecule has 0 radical (unpaired) electrons. The van der Waals surface area contributed by atoms with Crippen LogP contribution in [0.3, 0.4) is 0 Å². The summed E-state index contributed by atoms with van der Waals surface area (Å²) in [5.74, 6) is 0. The van der Waals surface area contributed by atoms with Gasteiger partial charge < -0.3 is 5.73 Å². The molecular formula is C9H16N2O2S2. The molecule has 0 aliphatic carbocycles. The van der Waals surface area contributed by atoms with Crippen molar-refractivity contribution in [3.05, 3.63) is 17.0 Å². The Bertz CT molecular complexity index is 398. The summed E-state index contributed by atoms with van der Waals surface area (Å²) in [6.07, 6.45) is 1.62. The van der Waals surface area contributed by atoms with Gasteiger partial charge in [-0.1, -0.05) is 0 Å². The molecule has 1 heterocycles. The van der Waals surface area contributed by atoms with Gasteiger partial charge in [-0.3, -0.25) is 0 Å². The summed E-state index contributed by atoms with van der Waals surface area (Å²) in [5.41, 5.74) is 5.32. The number of thiophene rings is 1.